The zero-order chi connectivity index (χ0) is 13.8. The first-order chi connectivity index (χ1) is 9.11. The summed E-state index contributed by atoms with van der Waals surface area (Å²) in [6.45, 7) is 3.52. The van der Waals surface area contributed by atoms with Crippen molar-refractivity contribution < 1.29 is 14.3 Å². The van der Waals surface area contributed by atoms with E-state index in [-0.39, 0.29) is 0 Å². The van der Waals surface area contributed by atoms with Crippen LogP contribution in [0.2, 0.25) is 0 Å². The highest BCUT2D eigenvalue weighted by Crippen LogP contribution is 2.18. The molecule has 0 saturated carbocycles. The third-order valence-electron chi connectivity index (χ3n) is 3.60. The molecule has 1 amide bonds. The highest BCUT2D eigenvalue weighted by atomic mass is 16.5. The minimum Gasteiger partial charge on any atom is -0.497 e. The summed E-state index contributed by atoms with van der Waals surface area (Å²) < 4.78 is 5.07. The number of benzene rings is 1. The summed E-state index contributed by atoms with van der Waals surface area (Å²) in [6.07, 6.45) is 1.94. The summed E-state index contributed by atoms with van der Waals surface area (Å²) in [4.78, 5) is 25.9. The van der Waals surface area contributed by atoms with Crippen molar-refractivity contribution in [3.63, 3.8) is 0 Å². The van der Waals surface area contributed by atoms with Crippen molar-refractivity contribution >= 4 is 11.7 Å². The number of nitrogens with zero attached hydrogens (tertiary/aromatic N) is 1. The molecule has 0 atom stereocenters. The van der Waals surface area contributed by atoms with Gasteiger partial charge in [0.05, 0.1) is 7.11 Å². The molecule has 4 nitrogen and oxygen atoms in total. The number of carbonyl (C=O) groups is 2. The van der Waals surface area contributed by atoms with E-state index in [1.165, 1.54) is 7.11 Å². The molecule has 2 rings (SSSR count). The smallest absolute Gasteiger partial charge is 0.294 e. The first-order valence-electron chi connectivity index (χ1n) is 6.59. The van der Waals surface area contributed by atoms with Gasteiger partial charge in [0.15, 0.2) is 0 Å². The van der Waals surface area contributed by atoms with Gasteiger partial charge >= 0.3 is 0 Å². The summed E-state index contributed by atoms with van der Waals surface area (Å²) in [7, 11) is 1.54. The maximum absolute atomic E-state index is 12.1. The Hall–Kier alpha value is -1.84. The van der Waals surface area contributed by atoms with Crippen molar-refractivity contribution in [1.29, 1.82) is 0 Å². The number of rotatable bonds is 3. The van der Waals surface area contributed by atoms with E-state index in [0.29, 0.717) is 30.3 Å². The van der Waals surface area contributed by atoms with Gasteiger partial charge in [0.25, 0.3) is 11.7 Å². The second-order valence-corrected chi connectivity index (χ2v) is 5.04. The van der Waals surface area contributed by atoms with Crippen molar-refractivity contribution in [2.75, 3.05) is 20.2 Å². The number of methoxy groups -OCH3 is 1. The van der Waals surface area contributed by atoms with Crippen LogP contribution in [0.15, 0.2) is 24.3 Å². The Kier molecular flexibility index (Phi) is 4.20. The summed E-state index contributed by atoms with van der Waals surface area (Å²) >= 11 is 0. The van der Waals surface area contributed by atoms with Crippen molar-refractivity contribution in [3.05, 3.63) is 29.8 Å². The molecule has 4 heteroatoms. The van der Waals surface area contributed by atoms with Gasteiger partial charge in [0, 0.05) is 18.7 Å². The summed E-state index contributed by atoms with van der Waals surface area (Å²) in [5.41, 5.74) is 0.392. The Bertz CT molecular complexity index is 476. The lowest BCUT2D eigenvalue weighted by atomic mass is 9.98. The van der Waals surface area contributed by atoms with Gasteiger partial charge in [-0.1, -0.05) is 19.1 Å². The normalized spacial score (nSPS) is 16.2. The number of amides is 1. The molecule has 1 aliphatic rings. The molecular formula is C15H19NO3. The van der Waals surface area contributed by atoms with Crippen molar-refractivity contribution in [1.82, 2.24) is 4.90 Å². The van der Waals surface area contributed by atoms with Crippen molar-refractivity contribution in [2.24, 2.45) is 5.92 Å². The zero-order valence-electron chi connectivity index (χ0n) is 11.4. The third-order valence-corrected chi connectivity index (χ3v) is 3.60. The number of carbonyl (C=O) groups excluding carboxylic acids is 2. The van der Waals surface area contributed by atoms with E-state index in [0.717, 1.165) is 12.8 Å². The Labute approximate surface area is 113 Å². The summed E-state index contributed by atoms with van der Waals surface area (Å²) in [5, 5.41) is 0. The summed E-state index contributed by atoms with van der Waals surface area (Å²) in [6, 6.07) is 6.73. The van der Waals surface area contributed by atoms with Crippen LogP contribution >= 0.6 is 0 Å². The standard InChI is InChI=1S/C15H19NO3/c1-11-6-8-16(9-7-11)15(18)14(17)12-4-3-5-13(10-12)19-2/h3-5,10-11H,6-9H2,1-2H3. The highest BCUT2D eigenvalue weighted by Gasteiger charge is 2.26. The largest absolute Gasteiger partial charge is 0.497 e. The van der Waals surface area contributed by atoms with Gasteiger partial charge in [-0.15, -0.1) is 0 Å². The number of Topliss-reactive ketones (excluding diaryl/α,β-unsaturated/α-hetero) is 1. The number of ketones is 1. The number of hydrogen-bond acceptors (Lipinski definition) is 3. The number of piperidine rings is 1. The molecule has 102 valence electrons. The number of ether oxygens (including phenoxy) is 1. The molecule has 0 N–H and O–H groups in total. The lowest BCUT2D eigenvalue weighted by Crippen LogP contribution is -2.41. The molecule has 1 aliphatic heterocycles. The first kappa shape index (κ1) is 13.6. The lowest BCUT2D eigenvalue weighted by Gasteiger charge is -2.29. The number of likely N-dealkylation sites (tertiary alicyclic amines) is 1. The van der Waals surface area contributed by atoms with Gasteiger partial charge < -0.3 is 9.64 Å². The lowest BCUT2D eigenvalue weighted by molar-refractivity contribution is -0.127. The minimum atomic E-state index is -0.451. The molecule has 1 saturated heterocycles. The molecule has 1 fully saturated rings. The fourth-order valence-corrected chi connectivity index (χ4v) is 2.24. The van der Waals surface area contributed by atoms with E-state index in [1.54, 1.807) is 29.2 Å². The van der Waals surface area contributed by atoms with E-state index in [1.807, 2.05) is 0 Å². The maximum Gasteiger partial charge on any atom is 0.294 e. The monoisotopic (exact) mass is 261 g/mol. The maximum atomic E-state index is 12.1. The van der Waals surface area contributed by atoms with Gasteiger partial charge in [-0.2, -0.15) is 0 Å². The van der Waals surface area contributed by atoms with E-state index in [2.05, 4.69) is 6.92 Å². The second-order valence-electron chi connectivity index (χ2n) is 5.04. The van der Waals surface area contributed by atoms with Crippen LogP contribution in [0, 0.1) is 5.92 Å². The molecule has 0 aromatic heterocycles. The molecule has 19 heavy (non-hydrogen) atoms. The quantitative estimate of drug-likeness (QED) is 0.618. The van der Waals surface area contributed by atoms with Gasteiger partial charge in [0.1, 0.15) is 5.75 Å². The van der Waals surface area contributed by atoms with Crippen LogP contribution in [0.1, 0.15) is 30.1 Å². The van der Waals surface area contributed by atoms with Crippen LogP contribution in [-0.4, -0.2) is 36.8 Å². The van der Waals surface area contributed by atoms with E-state index in [4.69, 9.17) is 4.74 Å². The molecule has 0 spiro atoms. The highest BCUT2D eigenvalue weighted by molar-refractivity contribution is 6.42. The van der Waals surface area contributed by atoms with Gasteiger partial charge in [0.2, 0.25) is 0 Å². The Morgan fingerprint density at radius 3 is 2.58 bits per heavy atom. The van der Waals surface area contributed by atoms with Crippen LogP contribution < -0.4 is 4.74 Å². The SMILES string of the molecule is COc1cccc(C(=O)C(=O)N2CCC(C)CC2)c1. The van der Waals surface area contributed by atoms with Crippen LogP contribution in [-0.2, 0) is 4.79 Å². The van der Waals surface area contributed by atoms with Crippen LogP contribution in [0.5, 0.6) is 5.75 Å². The second kappa shape index (κ2) is 5.87. The van der Waals surface area contributed by atoms with E-state index >= 15 is 0 Å². The first-order valence-corrected chi connectivity index (χ1v) is 6.59. The van der Waals surface area contributed by atoms with E-state index in [9.17, 15) is 9.59 Å². The Morgan fingerprint density at radius 2 is 1.95 bits per heavy atom. The van der Waals surface area contributed by atoms with Crippen LogP contribution in [0.4, 0.5) is 0 Å². The topological polar surface area (TPSA) is 46.6 Å². The average molecular weight is 261 g/mol. The van der Waals surface area contributed by atoms with Crippen molar-refractivity contribution in [3.8, 4) is 5.75 Å². The average Bonchev–Trinajstić information content (AvgIpc) is 2.46. The Balaban J connectivity index is 2.08. The minimum absolute atomic E-state index is 0.392. The molecule has 0 bridgehead atoms. The fraction of sp³-hybridized carbons (Fsp3) is 0.467. The fourth-order valence-electron chi connectivity index (χ4n) is 2.24. The predicted octanol–water partition coefficient (Wildman–Crippen LogP) is 2.14. The molecule has 1 aromatic carbocycles. The van der Waals surface area contributed by atoms with Gasteiger partial charge in [-0.25, -0.2) is 0 Å². The predicted molar refractivity (Wildman–Crippen MR) is 72.3 cm³/mol. The van der Waals surface area contributed by atoms with Gasteiger partial charge in [-0.05, 0) is 30.9 Å². The molecule has 0 aliphatic carbocycles. The Morgan fingerprint density at radius 1 is 1.26 bits per heavy atom. The van der Waals surface area contributed by atoms with Crippen molar-refractivity contribution in [2.45, 2.75) is 19.8 Å². The van der Waals surface area contributed by atoms with Crippen LogP contribution in [0.3, 0.4) is 0 Å². The molecule has 1 heterocycles. The molecular weight excluding hydrogens is 242 g/mol. The molecule has 0 unspecified atom stereocenters. The molecule has 0 radical (unpaired) electrons. The van der Waals surface area contributed by atoms with Gasteiger partial charge in [-0.3, -0.25) is 9.59 Å². The summed E-state index contributed by atoms with van der Waals surface area (Å²) in [5.74, 6) is 0.371. The number of hydrogen-bond donors (Lipinski definition) is 0. The third kappa shape index (κ3) is 3.13. The molecule has 1 aromatic rings. The zero-order valence-corrected chi connectivity index (χ0v) is 11.4. The van der Waals surface area contributed by atoms with Crippen LogP contribution in [0.25, 0.3) is 0 Å². The van der Waals surface area contributed by atoms with E-state index < -0.39 is 11.7 Å².